The molecule has 0 unspecified atom stereocenters. The first kappa shape index (κ1) is 21.2. The minimum absolute atomic E-state index is 0.0720. The second-order valence-corrected chi connectivity index (χ2v) is 9.13. The lowest BCUT2D eigenvalue weighted by atomic mass is 9.96. The first-order chi connectivity index (χ1) is 13.9. The van der Waals surface area contributed by atoms with Gasteiger partial charge in [-0.1, -0.05) is 61.7 Å². The van der Waals surface area contributed by atoms with Crippen LogP contribution in [-0.4, -0.2) is 31.6 Å². The summed E-state index contributed by atoms with van der Waals surface area (Å²) in [5.74, 6) is 0.262. The molecule has 2 amide bonds. The lowest BCUT2D eigenvalue weighted by Crippen LogP contribution is -2.44. The highest BCUT2D eigenvalue weighted by Crippen LogP contribution is 2.19. The molecule has 1 N–H and O–H groups in total. The summed E-state index contributed by atoms with van der Waals surface area (Å²) in [6, 6.07) is 16.8. The quantitative estimate of drug-likeness (QED) is 0.691. The molecule has 6 nitrogen and oxygen atoms in total. The van der Waals surface area contributed by atoms with Crippen molar-refractivity contribution in [2.45, 2.75) is 51.2 Å². The molecule has 0 aromatic heterocycles. The van der Waals surface area contributed by atoms with E-state index in [0.717, 1.165) is 43.1 Å². The molecular weight excluding hydrogens is 388 g/mol. The van der Waals surface area contributed by atoms with E-state index in [-0.39, 0.29) is 17.8 Å². The number of nitrogens with zero attached hydrogens (tertiary/aromatic N) is 1. The smallest absolute Gasteiger partial charge is 0.318 e. The molecule has 0 aliphatic heterocycles. The average Bonchev–Trinajstić information content (AvgIpc) is 2.69. The summed E-state index contributed by atoms with van der Waals surface area (Å²) in [7, 11) is -3.56. The van der Waals surface area contributed by atoms with Crippen molar-refractivity contribution in [3.8, 4) is 5.75 Å². The molecule has 7 heteroatoms. The normalized spacial score (nSPS) is 14.9. The topological polar surface area (TPSA) is 75.7 Å². The van der Waals surface area contributed by atoms with Crippen LogP contribution in [-0.2, 0) is 23.2 Å². The lowest BCUT2D eigenvalue weighted by Gasteiger charge is -2.28. The van der Waals surface area contributed by atoms with Crippen molar-refractivity contribution in [2.24, 2.45) is 0 Å². The molecule has 0 heterocycles. The Hall–Kier alpha value is -2.54. The molecule has 0 saturated heterocycles. The van der Waals surface area contributed by atoms with E-state index in [2.05, 4.69) is 5.32 Å². The van der Waals surface area contributed by atoms with Crippen LogP contribution < -0.4 is 9.50 Å². The van der Waals surface area contributed by atoms with Crippen molar-refractivity contribution in [3.05, 3.63) is 65.7 Å². The Bertz CT molecular complexity index is 892. The van der Waals surface area contributed by atoms with Gasteiger partial charge in [0, 0.05) is 19.1 Å². The summed E-state index contributed by atoms with van der Waals surface area (Å²) in [6.45, 7) is 0.924. The maximum Gasteiger partial charge on any atom is 0.318 e. The molecule has 1 saturated carbocycles. The molecule has 29 heavy (non-hydrogen) atoms. The molecule has 0 radical (unpaired) electrons. The average molecular weight is 417 g/mol. The number of carbonyl (C=O) groups excluding carboxylic acids is 1. The zero-order valence-electron chi connectivity index (χ0n) is 16.7. The molecule has 1 aliphatic carbocycles. The van der Waals surface area contributed by atoms with Gasteiger partial charge in [-0.15, -0.1) is 0 Å². The highest BCUT2D eigenvalue weighted by atomic mass is 32.2. The van der Waals surface area contributed by atoms with Crippen molar-refractivity contribution in [1.29, 1.82) is 0 Å². The summed E-state index contributed by atoms with van der Waals surface area (Å²) in [6.07, 6.45) is 6.63. The van der Waals surface area contributed by atoms with Gasteiger partial charge in [-0.2, -0.15) is 8.42 Å². The number of urea groups is 1. The Morgan fingerprint density at radius 1 is 0.966 bits per heavy atom. The predicted molar refractivity (Wildman–Crippen MR) is 113 cm³/mol. The van der Waals surface area contributed by atoms with Crippen molar-refractivity contribution < 1.29 is 17.4 Å². The van der Waals surface area contributed by atoms with Crippen LogP contribution in [0.4, 0.5) is 4.79 Å². The third-order valence-electron chi connectivity index (χ3n) is 4.98. The van der Waals surface area contributed by atoms with E-state index in [1.165, 1.54) is 6.42 Å². The Morgan fingerprint density at radius 3 is 2.14 bits per heavy atom. The fourth-order valence-corrected chi connectivity index (χ4v) is 4.02. The standard InChI is InChI=1S/C22H28N2O4S/c1-29(26,27)28-21-14-12-19(13-15-21)17-24(16-18-8-4-2-5-9-18)22(25)23-20-10-6-3-7-11-20/h2,4-5,8-9,12-15,20H,3,6-7,10-11,16-17H2,1H3,(H,23,25). The van der Waals surface area contributed by atoms with Gasteiger partial charge in [-0.3, -0.25) is 0 Å². The van der Waals surface area contributed by atoms with Crippen LogP contribution in [0.1, 0.15) is 43.2 Å². The molecule has 2 aromatic rings. The van der Waals surface area contributed by atoms with E-state index in [9.17, 15) is 13.2 Å². The minimum Gasteiger partial charge on any atom is -0.383 e. The fourth-order valence-electron chi connectivity index (χ4n) is 3.56. The summed E-state index contributed by atoms with van der Waals surface area (Å²) in [4.78, 5) is 14.8. The number of carbonyl (C=O) groups is 1. The summed E-state index contributed by atoms with van der Waals surface area (Å²) in [5.41, 5.74) is 1.96. The maximum absolute atomic E-state index is 13.0. The maximum atomic E-state index is 13.0. The molecule has 2 aromatic carbocycles. The monoisotopic (exact) mass is 416 g/mol. The van der Waals surface area contributed by atoms with E-state index >= 15 is 0 Å². The Balaban J connectivity index is 1.70. The highest BCUT2D eigenvalue weighted by Gasteiger charge is 2.20. The SMILES string of the molecule is CS(=O)(=O)Oc1ccc(CN(Cc2ccccc2)C(=O)NC2CCCCC2)cc1. The molecule has 1 fully saturated rings. The first-order valence-corrected chi connectivity index (χ1v) is 11.8. The van der Waals surface area contributed by atoms with E-state index in [0.29, 0.717) is 13.1 Å². The second kappa shape index (κ2) is 9.78. The van der Waals surface area contributed by atoms with Gasteiger partial charge in [0.1, 0.15) is 5.75 Å². The van der Waals surface area contributed by atoms with Crippen LogP contribution in [0.25, 0.3) is 0 Å². The van der Waals surface area contributed by atoms with Gasteiger partial charge in [0.05, 0.1) is 6.26 Å². The Morgan fingerprint density at radius 2 is 1.55 bits per heavy atom. The summed E-state index contributed by atoms with van der Waals surface area (Å²) in [5, 5.41) is 3.18. The van der Waals surface area contributed by atoms with Gasteiger partial charge in [0.25, 0.3) is 0 Å². The lowest BCUT2D eigenvalue weighted by molar-refractivity contribution is 0.184. The van der Waals surface area contributed by atoms with E-state index in [1.54, 1.807) is 29.2 Å². The fraction of sp³-hybridized carbons (Fsp3) is 0.409. The van der Waals surface area contributed by atoms with Crippen LogP contribution in [0.3, 0.4) is 0 Å². The van der Waals surface area contributed by atoms with Crippen LogP contribution in [0.15, 0.2) is 54.6 Å². The van der Waals surface area contributed by atoms with Gasteiger partial charge >= 0.3 is 16.1 Å². The van der Waals surface area contributed by atoms with Gasteiger partial charge < -0.3 is 14.4 Å². The zero-order chi connectivity index (χ0) is 20.7. The molecule has 0 bridgehead atoms. The van der Waals surface area contributed by atoms with Crippen molar-refractivity contribution in [3.63, 3.8) is 0 Å². The minimum atomic E-state index is -3.56. The number of benzene rings is 2. The second-order valence-electron chi connectivity index (χ2n) is 7.56. The first-order valence-electron chi connectivity index (χ1n) is 9.97. The van der Waals surface area contributed by atoms with E-state index in [1.807, 2.05) is 30.3 Å². The van der Waals surface area contributed by atoms with Crippen molar-refractivity contribution in [1.82, 2.24) is 10.2 Å². The number of hydrogen-bond acceptors (Lipinski definition) is 4. The molecule has 156 valence electrons. The third-order valence-corrected chi connectivity index (χ3v) is 5.48. The van der Waals surface area contributed by atoms with Gasteiger partial charge in [0.2, 0.25) is 0 Å². The highest BCUT2D eigenvalue weighted by molar-refractivity contribution is 7.86. The zero-order valence-corrected chi connectivity index (χ0v) is 17.5. The number of amides is 2. The van der Waals surface area contributed by atoms with Gasteiger partial charge in [-0.25, -0.2) is 4.79 Å². The summed E-state index contributed by atoms with van der Waals surface area (Å²) < 4.78 is 27.4. The summed E-state index contributed by atoms with van der Waals surface area (Å²) >= 11 is 0. The molecular formula is C22H28N2O4S. The Kier molecular flexibility index (Phi) is 7.14. The number of rotatable bonds is 7. The van der Waals surface area contributed by atoms with E-state index in [4.69, 9.17) is 4.18 Å². The molecule has 3 rings (SSSR count). The molecule has 0 spiro atoms. The Labute approximate surface area is 173 Å². The molecule has 1 aliphatic rings. The number of nitrogens with one attached hydrogen (secondary N) is 1. The predicted octanol–water partition coefficient (Wildman–Crippen LogP) is 4.07. The van der Waals surface area contributed by atoms with Crippen LogP contribution >= 0.6 is 0 Å². The largest absolute Gasteiger partial charge is 0.383 e. The third kappa shape index (κ3) is 7.09. The van der Waals surface area contributed by atoms with Crippen LogP contribution in [0.2, 0.25) is 0 Å². The van der Waals surface area contributed by atoms with Crippen LogP contribution in [0, 0.1) is 0 Å². The van der Waals surface area contributed by atoms with Crippen molar-refractivity contribution >= 4 is 16.1 Å². The van der Waals surface area contributed by atoms with Crippen LogP contribution in [0.5, 0.6) is 5.75 Å². The van der Waals surface area contributed by atoms with Gasteiger partial charge in [0.15, 0.2) is 0 Å². The number of hydrogen-bond donors (Lipinski definition) is 1. The molecule has 0 atom stereocenters. The van der Waals surface area contributed by atoms with Gasteiger partial charge in [-0.05, 0) is 36.1 Å². The van der Waals surface area contributed by atoms with E-state index < -0.39 is 10.1 Å². The van der Waals surface area contributed by atoms with Crippen molar-refractivity contribution in [2.75, 3.05) is 6.26 Å².